The smallest absolute Gasteiger partial charge is 0.274 e. The molecule has 0 radical (unpaired) electrons. The third-order valence-corrected chi connectivity index (χ3v) is 4.23. The highest BCUT2D eigenvalue weighted by atomic mass is 35.5. The number of pyridine rings is 1. The number of methoxy groups -OCH3 is 1. The average Bonchev–Trinajstić information content (AvgIpc) is 2.70. The van der Waals surface area contributed by atoms with Gasteiger partial charge in [0.1, 0.15) is 17.1 Å². The Labute approximate surface area is 167 Å². The van der Waals surface area contributed by atoms with Crippen molar-refractivity contribution in [3.8, 4) is 5.75 Å². The van der Waals surface area contributed by atoms with Crippen LogP contribution >= 0.6 is 11.6 Å². The molecule has 2 amide bonds. The molecule has 0 unspecified atom stereocenters. The number of nitrogens with zero attached hydrogens (tertiary/aromatic N) is 1. The van der Waals surface area contributed by atoms with E-state index in [0.717, 1.165) is 5.56 Å². The number of ether oxygens (including phenoxy) is 1. The maximum Gasteiger partial charge on any atom is 0.274 e. The largest absolute Gasteiger partial charge is 0.497 e. The summed E-state index contributed by atoms with van der Waals surface area (Å²) in [5, 5.41) is 6.10. The van der Waals surface area contributed by atoms with Crippen LogP contribution in [-0.2, 0) is 0 Å². The molecule has 3 aromatic rings. The third kappa shape index (κ3) is 4.66. The number of carbonyl (C=O) groups is 2. The second-order valence-electron chi connectivity index (χ2n) is 6.00. The Morgan fingerprint density at radius 1 is 0.929 bits per heavy atom. The van der Waals surface area contributed by atoms with Gasteiger partial charge in [0.25, 0.3) is 11.8 Å². The maximum atomic E-state index is 12.5. The first-order valence-electron chi connectivity index (χ1n) is 8.46. The van der Waals surface area contributed by atoms with Crippen LogP contribution in [0, 0.1) is 6.92 Å². The van der Waals surface area contributed by atoms with Gasteiger partial charge in [-0.15, -0.1) is 0 Å². The Bertz CT molecular complexity index is 1020. The molecule has 0 aliphatic heterocycles. The Morgan fingerprint density at radius 2 is 1.57 bits per heavy atom. The predicted octanol–water partition coefficient (Wildman–Crippen LogP) is 4.56. The molecule has 7 heteroatoms. The van der Waals surface area contributed by atoms with Gasteiger partial charge in [0, 0.05) is 16.4 Å². The van der Waals surface area contributed by atoms with Gasteiger partial charge in [0.2, 0.25) is 0 Å². The van der Waals surface area contributed by atoms with E-state index in [-0.39, 0.29) is 11.4 Å². The Morgan fingerprint density at radius 3 is 2.18 bits per heavy atom. The summed E-state index contributed by atoms with van der Waals surface area (Å²) >= 11 is 5.93. The van der Waals surface area contributed by atoms with Crippen LogP contribution in [-0.4, -0.2) is 23.9 Å². The van der Waals surface area contributed by atoms with Crippen molar-refractivity contribution in [2.45, 2.75) is 6.92 Å². The Balaban J connectivity index is 1.73. The van der Waals surface area contributed by atoms with E-state index in [9.17, 15) is 9.59 Å². The lowest BCUT2D eigenvalue weighted by molar-refractivity contribution is 0.101. The number of aryl methyl sites for hydroxylation is 1. The number of amides is 2. The number of anilines is 2. The number of carbonyl (C=O) groups excluding carboxylic acids is 2. The first-order chi connectivity index (χ1) is 13.5. The van der Waals surface area contributed by atoms with Crippen LogP contribution < -0.4 is 15.4 Å². The molecule has 2 N–H and O–H groups in total. The van der Waals surface area contributed by atoms with Crippen LogP contribution in [0.4, 0.5) is 11.4 Å². The van der Waals surface area contributed by atoms with Gasteiger partial charge < -0.3 is 15.4 Å². The number of nitrogens with one attached hydrogen (secondary N) is 2. The van der Waals surface area contributed by atoms with Crippen molar-refractivity contribution in [1.29, 1.82) is 0 Å². The van der Waals surface area contributed by atoms with Crippen molar-refractivity contribution < 1.29 is 14.3 Å². The van der Waals surface area contributed by atoms with E-state index in [4.69, 9.17) is 16.3 Å². The first-order valence-corrected chi connectivity index (χ1v) is 8.84. The van der Waals surface area contributed by atoms with E-state index < -0.39 is 11.8 Å². The Hall–Kier alpha value is -3.38. The fraction of sp³-hybridized carbons (Fsp3) is 0.0952. The van der Waals surface area contributed by atoms with E-state index >= 15 is 0 Å². The van der Waals surface area contributed by atoms with E-state index in [0.29, 0.717) is 22.1 Å². The summed E-state index contributed by atoms with van der Waals surface area (Å²) in [7, 11) is 1.57. The van der Waals surface area contributed by atoms with Crippen LogP contribution in [0.3, 0.4) is 0 Å². The molecule has 0 atom stereocenters. The molecule has 6 nitrogen and oxygen atoms in total. The highest BCUT2D eigenvalue weighted by molar-refractivity contribution is 6.30. The summed E-state index contributed by atoms with van der Waals surface area (Å²) in [5.74, 6) is -0.140. The molecule has 1 aromatic heterocycles. The normalized spacial score (nSPS) is 10.2. The summed E-state index contributed by atoms with van der Waals surface area (Å²) in [6.45, 7) is 1.84. The van der Waals surface area contributed by atoms with E-state index in [1.165, 1.54) is 0 Å². The van der Waals surface area contributed by atoms with Crippen molar-refractivity contribution in [3.05, 3.63) is 82.6 Å². The lowest BCUT2D eigenvalue weighted by atomic mass is 10.2. The topological polar surface area (TPSA) is 80.3 Å². The second kappa shape index (κ2) is 8.54. The zero-order valence-electron chi connectivity index (χ0n) is 15.3. The molecule has 0 saturated heterocycles. The first kappa shape index (κ1) is 19.4. The predicted molar refractivity (Wildman–Crippen MR) is 109 cm³/mol. The highest BCUT2D eigenvalue weighted by Crippen LogP contribution is 2.20. The quantitative estimate of drug-likeness (QED) is 0.663. The van der Waals surface area contributed by atoms with Gasteiger partial charge >= 0.3 is 0 Å². The molecule has 3 rings (SSSR count). The molecule has 0 aliphatic carbocycles. The van der Waals surface area contributed by atoms with E-state index in [1.54, 1.807) is 67.8 Å². The minimum absolute atomic E-state index is 0.135. The van der Waals surface area contributed by atoms with Crippen LogP contribution in [0.5, 0.6) is 5.75 Å². The molecule has 0 bridgehead atoms. The van der Waals surface area contributed by atoms with Gasteiger partial charge in [-0.25, -0.2) is 4.98 Å². The molecular weight excluding hydrogens is 378 g/mol. The van der Waals surface area contributed by atoms with Gasteiger partial charge in [-0.2, -0.15) is 0 Å². The molecule has 2 aromatic carbocycles. The van der Waals surface area contributed by atoms with E-state index in [2.05, 4.69) is 15.6 Å². The number of rotatable bonds is 5. The molecule has 1 heterocycles. The van der Waals surface area contributed by atoms with Gasteiger partial charge in [-0.05, 0) is 67.1 Å². The number of hydrogen-bond donors (Lipinski definition) is 2. The lowest BCUT2D eigenvalue weighted by Gasteiger charge is -2.09. The zero-order valence-corrected chi connectivity index (χ0v) is 16.1. The fourth-order valence-corrected chi connectivity index (χ4v) is 2.74. The lowest BCUT2D eigenvalue weighted by Crippen LogP contribution is -2.18. The summed E-state index contributed by atoms with van der Waals surface area (Å²) in [5.41, 5.74) is 2.32. The van der Waals surface area contributed by atoms with Crippen molar-refractivity contribution in [3.63, 3.8) is 0 Å². The minimum Gasteiger partial charge on any atom is -0.497 e. The molecular formula is C21H18ClN3O3. The highest BCUT2D eigenvalue weighted by Gasteiger charge is 2.14. The van der Waals surface area contributed by atoms with Crippen molar-refractivity contribution in [2.24, 2.45) is 0 Å². The van der Waals surface area contributed by atoms with Crippen LogP contribution in [0.25, 0.3) is 0 Å². The molecule has 0 fully saturated rings. The zero-order chi connectivity index (χ0) is 20.1. The van der Waals surface area contributed by atoms with Gasteiger partial charge in [0.15, 0.2) is 0 Å². The average molecular weight is 396 g/mol. The molecule has 0 spiro atoms. The van der Waals surface area contributed by atoms with Crippen LogP contribution in [0.2, 0.25) is 5.02 Å². The molecule has 0 saturated carbocycles. The van der Waals surface area contributed by atoms with E-state index in [1.807, 2.05) is 6.92 Å². The fourth-order valence-electron chi connectivity index (χ4n) is 2.51. The maximum absolute atomic E-state index is 12.5. The van der Waals surface area contributed by atoms with Gasteiger partial charge in [0.05, 0.1) is 7.11 Å². The third-order valence-electron chi connectivity index (χ3n) is 4.00. The molecule has 142 valence electrons. The summed E-state index contributed by atoms with van der Waals surface area (Å²) in [6, 6.07) is 16.8. The Kier molecular flexibility index (Phi) is 5.91. The summed E-state index contributed by atoms with van der Waals surface area (Å²) in [4.78, 5) is 29.1. The number of benzene rings is 2. The second-order valence-corrected chi connectivity index (χ2v) is 6.44. The standard InChI is InChI=1S/C21H18ClN3O3/c1-13-12-14(22)6-11-17(13)25-21(27)19-5-3-4-18(24-19)20(26)23-15-7-9-16(28-2)10-8-15/h3-12H,1-2H3,(H,23,26)(H,25,27). The van der Waals surface area contributed by atoms with Crippen molar-refractivity contribution in [1.82, 2.24) is 4.98 Å². The van der Waals surface area contributed by atoms with Crippen molar-refractivity contribution in [2.75, 3.05) is 17.7 Å². The SMILES string of the molecule is COc1ccc(NC(=O)c2cccc(C(=O)Nc3ccc(Cl)cc3C)n2)cc1. The molecule has 28 heavy (non-hydrogen) atoms. The van der Waals surface area contributed by atoms with Crippen LogP contribution in [0.1, 0.15) is 26.5 Å². The number of aromatic nitrogens is 1. The number of halogens is 1. The van der Waals surface area contributed by atoms with Crippen molar-refractivity contribution >= 4 is 34.8 Å². The minimum atomic E-state index is -0.414. The summed E-state index contributed by atoms with van der Waals surface area (Å²) < 4.78 is 5.09. The van der Waals surface area contributed by atoms with Crippen LogP contribution in [0.15, 0.2) is 60.7 Å². The van der Waals surface area contributed by atoms with Gasteiger partial charge in [-0.3, -0.25) is 9.59 Å². The molecule has 0 aliphatic rings. The monoisotopic (exact) mass is 395 g/mol. The number of hydrogen-bond acceptors (Lipinski definition) is 4. The van der Waals surface area contributed by atoms with Gasteiger partial charge in [-0.1, -0.05) is 17.7 Å². The summed E-state index contributed by atoms with van der Waals surface area (Å²) in [6.07, 6.45) is 0.